The number of sulfonamides is 1. The summed E-state index contributed by atoms with van der Waals surface area (Å²) in [4.78, 5) is 35.0. The fourth-order valence-corrected chi connectivity index (χ4v) is 9.14. The first-order valence-corrected chi connectivity index (χ1v) is 20.9. The summed E-state index contributed by atoms with van der Waals surface area (Å²) in [7, 11) is -4.09. The predicted octanol–water partition coefficient (Wildman–Crippen LogP) is 7.12. The van der Waals surface area contributed by atoms with Gasteiger partial charge in [-0.3, -0.25) is 14.7 Å². The van der Waals surface area contributed by atoms with Crippen molar-refractivity contribution < 1.29 is 40.7 Å². The molecular weight excluding hydrogens is 748 g/mol. The van der Waals surface area contributed by atoms with Crippen molar-refractivity contribution in [3.8, 4) is 17.0 Å². The number of alkyl carbamates (subject to hydrolysis) is 1. The molecular formula is C41H52F3N5O6S. The highest BCUT2D eigenvalue weighted by Gasteiger charge is 2.42. The van der Waals surface area contributed by atoms with Gasteiger partial charge in [0.2, 0.25) is 15.9 Å². The van der Waals surface area contributed by atoms with E-state index in [1.807, 2.05) is 11.0 Å². The fourth-order valence-electron chi connectivity index (χ4n) is 7.57. The van der Waals surface area contributed by atoms with E-state index < -0.39 is 39.5 Å². The maximum atomic E-state index is 14.3. The Morgan fingerprint density at radius 3 is 2.14 bits per heavy atom. The number of hydrogen-bond acceptors (Lipinski definition) is 8. The average molecular weight is 800 g/mol. The summed E-state index contributed by atoms with van der Waals surface area (Å²) >= 11 is 0. The van der Waals surface area contributed by atoms with Crippen LogP contribution < -0.4 is 10.1 Å². The highest BCUT2D eigenvalue weighted by atomic mass is 32.2. The van der Waals surface area contributed by atoms with Crippen LogP contribution >= 0.6 is 0 Å². The molecule has 3 aliphatic rings. The van der Waals surface area contributed by atoms with E-state index >= 15 is 0 Å². The second-order valence-corrected chi connectivity index (χ2v) is 17.9. The van der Waals surface area contributed by atoms with Gasteiger partial charge >= 0.3 is 12.3 Å². The number of hydrogen-bond donors (Lipinski definition) is 1. The highest BCUT2D eigenvalue weighted by Crippen LogP contribution is 2.32. The van der Waals surface area contributed by atoms with Crippen molar-refractivity contribution in [1.29, 1.82) is 0 Å². The number of halogens is 3. The number of nitrogens with zero attached hydrogens (tertiary/aromatic N) is 4. The molecule has 6 rings (SSSR count). The van der Waals surface area contributed by atoms with Gasteiger partial charge in [0.05, 0.1) is 22.8 Å². The van der Waals surface area contributed by atoms with Crippen LogP contribution in [0, 0.1) is 5.92 Å². The number of benzene rings is 2. The third-order valence-corrected chi connectivity index (χ3v) is 12.5. The Morgan fingerprint density at radius 2 is 1.54 bits per heavy atom. The monoisotopic (exact) mass is 799 g/mol. The number of carbonyl (C=O) groups excluding carboxylic acids is 2. The molecule has 1 N–H and O–H groups in total. The molecule has 56 heavy (non-hydrogen) atoms. The Bertz CT molecular complexity index is 1890. The van der Waals surface area contributed by atoms with Crippen molar-refractivity contribution >= 4 is 22.0 Å². The molecule has 304 valence electrons. The van der Waals surface area contributed by atoms with Gasteiger partial charge in [0, 0.05) is 57.1 Å². The molecule has 2 aromatic carbocycles. The van der Waals surface area contributed by atoms with Crippen LogP contribution in [0.2, 0.25) is 0 Å². The van der Waals surface area contributed by atoms with E-state index in [1.165, 1.54) is 47.8 Å². The van der Waals surface area contributed by atoms with Gasteiger partial charge in [-0.15, -0.1) is 0 Å². The third-order valence-electron chi connectivity index (χ3n) is 10.6. The van der Waals surface area contributed by atoms with Crippen LogP contribution in [0.5, 0.6) is 5.75 Å². The zero-order valence-electron chi connectivity index (χ0n) is 32.3. The van der Waals surface area contributed by atoms with Crippen LogP contribution in [0.1, 0.15) is 76.8 Å². The van der Waals surface area contributed by atoms with E-state index in [-0.39, 0.29) is 29.9 Å². The summed E-state index contributed by atoms with van der Waals surface area (Å²) in [5, 5.41) is 2.88. The molecule has 1 aliphatic carbocycles. The minimum atomic E-state index is -4.43. The van der Waals surface area contributed by atoms with Gasteiger partial charge in [0.1, 0.15) is 17.4 Å². The number of piperidine rings is 1. The number of piperazine rings is 1. The van der Waals surface area contributed by atoms with Gasteiger partial charge in [-0.1, -0.05) is 37.5 Å². The molecule has 1 atom stereocenters. The summed E-state index contributed by atoms with van der Waals surface area (Å²) in [5.41, 5.74) is 0.487. The maximum absolute atomic E-state index is 14.3. The van der Waals surface area contributed by atoms with Crippen molar-refractivity contribution in [3.05, 3.63) is 78.0 Å². The van der Waals surface area contributed by atoms with Crippen molar-refractivity contribution in [2.24, 2.45) is 5.92 Å². The van der Waals surface area contributed by atoms with Crippen LogP contribution in [0.15, 0.2) is 71.8 Å². The number of pyridine rings is 1. The number of rotatable bonds is 10. The van der Waals surface area contributed by atoms with E-state index in [0.29, 0.717) is 68.6 Å². The number of likely N-dealkylation sites (tertiary alicyclic amines) is 1. The summed E-state index contributed by atoms with van der Waals surface area (Å²) in [5.74, 6) is 0.797. The summed E-state index contributed by atoms with van der Waals surface area (Å²) < 4.78 is 80.4. The fraction of sp³-hybridized carbons (Fsp3) is 0.537. The quantitative estimate of drug-likeness (QED) is 0.230. The Balaban J connectivity index is 1.15. The van der Waals surface area contributed by atoms with Gasteiger partial charge in [0.15, 0.2) is 0 Å². The molecule has 1 aromatic heterocycles. The molecule has 15 heteroatoms. The number of amides is 2. The van der Waals surface area contributed by atoms with Gasteiger partial charge < -0.3 is 19.7 Å². The SMILES string of the molecule is CC(C)(C)OC(=O)NC1CCN(C(=O)[C@@H]2CN(Cc3ccc(-c4ccc(C(F)(F)F)cc4)nc3)CCN2S(=O)(=O)c2ccc(OCC3CCCCC3)cc2)CC1. The van der Waals surface area contributed by atoms with Gasteiger partial charge in [-0.05, 0) is 100 Å². The number of nitrogens with one attached hydrogen (secondary N) is 1. The van der Waals surface area contributed by atoms with Crippen molar-refractivity contribution in [1.82, 2.24) is 24.4 Å². The van der Waals surface area contributed by atoms with Gasteiger partial charge in [0.25, 0.3) is 0 Å². The first kappa shape index (κ1) is 41.4. The highest BCUT2D eigenvalue weighted by molar-refractivity contribution is 7.89. The molecule has 2 amide bonds. The molecule has 0 radical (unpaired) electrons. The largest absolute Gasteiger partial charge is 0.493 e. The lowest BCUT2D eigenvalue weighted by Crippen LogP contribution is -2.61. The first-order valence-electron chi connectivity index (χ1n) is 19.4. The second-order valence-electron chi connectivity index (χ2n) is 16.0. The number of alkyl halides is 3. The van der Waals surface area contributed by atoms with E-state index in [9.17, 15) is 31.2 Å². The number of carbonyl (C=O) groups is 2. The second kappa shape index (κ2) is 17.5. The smallest absolute Gasteiger partial charge is 0.416 e. The molecule has 0 unspecified atom stereocenters. The van der Waals surface area contributed by atoms with Crippen LogP contribution in [0.25, 0.3) is 11.3 Å². The Labute approximate surface area is 327 Å². The number of ether oxygens (including phenoxy) is 2. The van der Waals surface area contributed by atoms with Crippen molar-refractivity contribution in [2.75, 3.05) is 39.3 Å². The van der Waals surface area contributed by atoms with E-state index in [0.717, 1.165) is 30.5 Å². The maximum Gasteiger partial charge on any atom is 0.416 e. The van der Waals surface area contributed by atoms with E-state index in [2.05, 4.69) is 10.3 Å². The topological polar surface area (TPSA) is 121 Å². The molecule has 3 fully saturated rings. The third kappa shape index (κ3) is 10.8. The zero-order valence-corrected chi connectivity index (χ0v) is 33.1. The normalized spacial score (nSPS) is 19.8. The van der Waals surface area contributed by atoms with Crippen LogP contribution in [-0.4, -0.2) is 96.5 Å². The summed E-state index contributed by atoms with van der Waals surface area (Å²) in [6.45, 7) is 7.59. The van der Waals surface area contributed by atoms with Crippen molar-refractivity contribution in [2.45, 2.75) is 101 Å². The van der Waals surface area contributed by atoms with Gasteiger partial charge in [-0.2, -0.15) is 17.5 Å². The number of aromatic nitrogens is 1. The minimum Gasteiger partial charge on any atom is -0.493 e. The molecule has 11 nitrogen and oxygen atoms in total. The van der Waals surface area contributed by atoms with Gasteiger partial charge in [-0.25, -0.2) is 13.2 Å². The van der Waals surface area contributed by atoms with Crippen LogP contribution in [0.3, 0.4) is 0 Å². The predicted molar refractivity (Wildman–Crippen MR) is 205 cm³/mol. The van der Waals surface area contributed by atoms with E-state index in [4.69, 9.17) is 9.47 Å². The van der Waals surface area contributed by atoms with Crippen LogP contribution in [-0.2, 0) is 32.3 Å². The zero-order chi connectivity index (χ0) is 40.1. The first-order chi connectivity index (χ1) is 26.5. The molecule has 2 aliphatic heterocycles. The molecule has 1 saturated carbocycles. The Kier molecular flexibility index (Phi) is 13.0. The molecule has 3 aromatic rings. The molecule has 2 saturated heterocycles. The lowest BCUT2D eigenvalue weighted by molar-refractivity contribution is -0.138. The molecule has 0 bridgehead atoms. The Morgan fingerprint density at radius 1 is 0.857 bits per heavy atom. The standard InChI is InChI=1S/C41H52F3N5O6S/c1-40(2,3)55-39(51)46-33-19-21-48(22-20-33)38(50)37-27-47(26-30-9-18-36(45-25-30)31-10-12-32(13-11-31)41(42,43)44)23-24-49(37)56(52,53)35-16-14-34(15-17-35)54-28-29-7-5-4-6-8-29/h9-18,25,29,33,37H,4-8,19-24,26-28H2,1-3H3,(H,46,51)/t37-/m0/s1. The molecule has 0 spiro atoms. The Hall–Kier alpha value is -4.21. The van der Waals surface area contributed by atoms with Crippen LogP contribution in [0.4, 0.5) is 18.0 Å². The lowest BCUT2D eigenvalue weighted by Gasteiger charge is -2.42. The average Bonchev–Trinajstić information content (AvgIpc) is 3.17. The lowest BCUT2D eigenvalue weighted by atomic mass is 9.90. The molecule has 3 heterocycles. The summed E-state index contributed by atoms with van der Waals surface area (Å²) in [6, 6.07) is 13.6. The summed E-state index contributed by atoms with van der Waals surface area (Å²) in [6.07, 6.45) is 3.61. The minimum absolute atomic E-state index is 0.0758. The van der Waals surface area contributed by atoms with Crippen molar-refractivity contribution in [3.63, 3.8) is 0 Å². The van der Waals surface area contributed by atoms with E-state index in [1.54, 1.807) is 50.1 Å².